The molecule has 15 heavy (non-hydrogen) atoms. The van der Waals surface area contributed by atoms with Crippen LogP contribution in [-0.4, -0.2) is 20.0 Å². The molecule has 5 heteroatoms. The summed E-state index contributed by atoms with van der Waals surface area (Å²) >= 11 is 0. The van der Waals surface area contributed by atoms with Crippen LogP contribution in [0, 0.1) is 0 Å². The van der Waals surface area contributed by atoms with Crippen LogP contribution >= 0.6 is 0 Å². The maximum absolute atomic E-state index is 12.0. The van der Waals surface area contributed by atoms with Crippen molar-refractivity contribution in [2.75, 3.05) is 6.54 Å². The van der Waals surface area contributed by atoms with E-state index in [2.05, 4.69) is 17.1 Å². The number of nitrogens with zero attached hydrogens (tertiary/aromatic N) is 1. The Hall–Kier alpha value is -1.62. The molecule has 0 aromatic heterocycles. The van der Waals surface area contributed by atoms with Crippen molar-refractivity contribution in [1.29, 1.82) is 0 Å². The Balaban J connectivity index is 2.49. The van der Waals surface area contributed by atoms with Gasteiger partial charge in [0.1, 0.15) is 0 Å². The Labute approximate surface area is 88.2 Å². The van der Waals surface area contributed by atoms with Gasteiger partial charge in [-0.15, -0.1) is 0 Å². The van der Waals surface area contributed by atoms with Crippen LogP contribution in [0.3, 0.4) is 0 Å². The van der Waals surface area contributed by atoms with Crippen molar-refractivity contribution >= 4 is 14.9 Å². The third-order valence-electron chi connectivity index (χ3n) is 2.08. The second kappa shape index (κ2) is 3.51. The maximum atomic E-state index is 12.0. The Kier molecular flexibility index (Phi) is 2.32. The van der Waals surface area contributed by atoms with Crippen LogP contribution in [0.2, 0.25) is 0 Å². The van der Waals surface area contributed by atoms with E-state index in [1.54, 1.807) is 30.3 Å². The van der Waals surface area contributed by atoms with Crippen LogP contribution in [0.25, 0.3) is 0 Å². The molecule has 0 atom stereocenters. The average molecular weight is 222 g/mol. The van der Waals surface area contributed by atoms with Crippen LogP contribution < -0.4 is 5.43 Å². The topological polar surface area (TPSA) is 58.5 Å². The van der Waals surface area contributed by atoms with Crippen LogP contribution in [0.15, 0.2) is 52.5 Å². The molecule has 0 fully saturated rings. The summed E-state index contributed by atoms with van der Waals surface area (Å²) in [4.78, 5) is 0.244. The van der Waals surface area contributed by atoms with E-state index >= 15 is 0 Å². The van der Waals surface area contributed by atoms with E-state index in [-0.39, 0.29) is 9.94 Å². The van der Waals surface area contributed by atoms with Gasteiger partial charge in [-0.05, 0) is 12.1 Å². The van der Waals surface area contributed by atoms with Crippen molar-refractivity contribution in [2.24, 2.45) is 5.10 Å². The Morgan fingerprint density at radius 3 is 2.47 bits per heavy atom. The van der Waals surface area contributed by atoms with Gasteiger partial charge in [0, 0.05) is 5.57 Å². The van der Waals surface area contributed by atoms with Crippen LogP contribution in [0.4, 0.5) is 0 Å². The van der Waals surface area contributed by atoms with Crippen LogP contribution in [0.5, 0.6) is 0 Å². The van der Waals surface area contributed by atoms with Gasteiger partial charge in [0.15, 0.2) is 5.04 Å². The first kappa shape index (κ1) is 9.92. The molecule has 2 rings (SSSR count). The first-order valence-electron chi connectivity index (χ1n) is 4.41. The maximum Gasteiger partial charge on any atom is 0.225 e. The molecule has 0 saturated carbocycles. The highest BCUT2D eigenvalue weighted by Crippen LogP contribution is 2.17. The second-order valence-electron chi connectivity index (χ2n) is 3.17. The molecule has 1 aliphatic heterocycles. The van der Waals surface area contributed by atoms with Crippen LogP contribution in [0.1, 0.15) is 0 Å². The molecule has 0 bridgehead atoms. The zero-order valence-electron chi connectivity index (χ0n) is 7.97. The summed E-state index contributed by atoms with van der Waals surface area (Å²) in [5, 5.41) is 3.78. The van der Waals surface area contributed by atoms with Gasteiger partial charge in [0.25, 0.3) is 0 Å². The van der Waals surface area contributed by atoms with Crippen LogP contribution in [-0.2, 0) is 9.84 Å². The van der Waals surface area contributed by atoms with Gasteiger partial charge in [-0.3, -0.25) is 0 Å². The zero-order chi connectivity index (χ0) is 10.9. The van der Waals surface area contributed by atoms with Gasteiger partial charge >= 0.3 is 0 Å². The highest BCUT2D eigenvalue weighted by molar-refractivity contribution is 8.07. The summed E-state index contributed by atoms with van der Waals surface area (Å²) in [7, 11) is -3.50. The molecule has 0 spiro atoms. The molecule has 0 unspecified atom stereocenters. The molecule has 0 amide bonds. The molecule has 0 aliphatic carbocycles. The van der Waals surface area contributed by atoms with Gasteiger partial charge in [-0.25, -0.2) is 8.42 Å². The zero-order valence-corrected chi connectivity index (χ0v) is 8.79. The van der Waals surface area contributed by atoms with E-state index in [0.29, 0.717) is 12.1 Å². The van der Waals surface area contributed by atoms with E-state index in [0.717, 1.165) is 0 Å². The van der Waals surface area contributed by atoms with Gasteiger partial charge in [0.05, 0.1) is 11.4 Å². The lowest BCUT2D eigenvalue weighted by molar-refractivity contribution is 0.607. The lowest BCUT2D eigenvalue weighted by Gasteiger charge is -2.02. The molecule has 78 valence electrons. The molecular formula is C10H10N2O2S. The Morgan fingerprint density at radius 2 is 1.93 bits per heavy atom. The molecule has 0 radical (unpaired) electrons. The summed E-state index contributed by atoms with van der Waals surface area (Å²) in [5.41, 5.74) is 3.11. The Bertz CT molecular complexity index is 518. The van der Waals surface area contributed by atoms with E-state index in [1.165, 1.54) is 0 Å². The van der Waals surface area contributed by atoms with Gasteiger partial charge in [-0.1, -0.05) is 24.8 Å². The molecule has 1 heterocycles. The number of rotatable bonds is 1. The normalized spacial score (nSPS) is 16.0. The minimum atomic E-state index is -3.50. The molecule has 1 aromatic carbocycles. The monoisotopic (exact) mass is 222 g/mol. The fraction of sp³-hybridized carbons (Fsp3) is 0.100. The molecule has 4 nitrogen and oxygen atoms in total. The van der Waals surface area contributed by atoms with Crippen molar-refractivity contribution in [2.45, 2.75) is 4.90 Å². The quantitative estimate of drug-likeness (QED) is 0.769. The summed E-state index contributed by atoms with van der Waals surface area (Å²) in [5.74, 6) is 0. The first-order valence-corrected chi connectivity index (χ1v) is 5.89. The number of hydrazone groups is 1. The largest absolute Gasteiger partial charge is 0.304 e. The average Bonchev–Trinajstić information content (AvgIpc) is 2.66. The number of sulfone groups is 1. The van der Waals surface area contributed by atoms with E-state index in [1.807, 2.05) is 0 Å². The van der Waals surface area contributed by atoms with E-state index in [9.17, 15) is 8.42 Å². The molecule has 0 saturated heterocycles. The number of hydrogen-bond donors (Lipinski definition) is 1. The van der Waals surface area contributed by atoms with Crippen molar-refractivity contribution in [3.8, 4) is 0 Å². The number of nitrogens with one attached hydrogen (secondary N) is 1. The highest BCUT2D eigenvalue weighted by atomic mass is 32.2. The third kappa shape index (κ3) is 1.66. The minimum absolute atomic E-state index is 0.0358. The SMILES string of the molecule is C=C1CNN=C1S(=O)(=O)c1ccccc1. The van der Waals surface area contributed by atoms with Gasteiger partial charge < -0.3 is 5.43 Å². The van der Waals surface area contributed by atoms with Gasteiger partial charge in [0.2, 0.25) is 9.84 Å². The Morgan fingerprint density at radius 1 is 1.27 bits per heavy atom. The number of hydrogen-bond acceptors (Lipinski definition) is 4. The predicted octanol–water partition coefficient (Wildman–Crippen LogP) is 0.933. The first-order chi connectivity index (χ1) is 7.12. The minimum Gasteiger partial charge on any atom is -0.304 e. The lowest BCUT2D eigenvalue weighted by Crippen LogP contribution is -2.15. The lowest BCUT2D eigenvalue weighted by atomic mass is 10.3. The molecule has 1 aromatic rings. The molecular weight excluding hydrogens is 212 g/mol. The highest BCUT2D eigenvalue weighted by Gasteiger charge is 2.27. The second-order valence-corrected chi connectivity index (χ2v) is 5.04. The molecule has 1 aliphatic rings. The fourth-order valence-corrected chi connectivity index (χ4v) is 2.70. The summed E-state index contributed by atoms with van der Waals surface area (Å²) < 4.78 is 24.0. The smallest absolute Gasteiger partial charge is 0.225 e. The van der Waals surface area contributed by atoms with E-state index < -0.39 is 9.84 Å². The van der Waals surface area contributed by atoms with E-state index in [4.69, 9.17) is 0 Å². The number of benzene rings is 1. The fourth-order valence-electron chi connectivity index (χ4n) is 1.32. The molecule has 1 N–H and O–H groups in total. The third-order valence-corrected chi connectivity index (χ3v) is 3.87. The van der Waals surface area contributed by atoms with Crippen molar-refractivity contribution in [3.63, 3.8) is 0 Å². The predicted molar refractivity (Wildman–Crippen MR) is 58.2 cm³/mol. The standard InChI is InChI=1S/C10H10N2O2S/c1-8-7-11-12-10(8)15(13,14)9-5-3-2-4-6-9/h2-6,11H,1,7H2. The summed E-state index contributed by atoms with van der Waals surface area (Å²) in [6, 6.07) is 8.21. The van der Waals surface area contributed by atoms with Crippen molar-refractivity contribution < 1.29 is 8.42 Å². The van der Waals surface area contributed by atoms with Crippen molar-refractivity contribution in [3.05, 3.63) is 42.5 Å². The summed E-state index contributed by atoms with van der Waals surface area (Å²) in [6.07, 6.45) is 0. The van der Waals surface area contributed by atoms with Crippen molar-refractivity contribution in [1.82, 2.24) is 5.43 Å². The summed E-state index contributed by atoms with van der Waals surface area (Å²) in [6.45, 7) is 4.05. The van der Waals surface area contributed by atoms with Gasteiger partial charge in [-0.2, -0.15) is 5.10 Å².